The van der Waals surface area contributed by atoms with Crippen LogP contribution in [0.25, 0.3) is 0 Å². The molecule has 2 aliphatic heterocycles. The zero-order valence-electron chi connectivity index (χ0n) is 23.6. The second-order valence-corrected chi connectivity index (χ2v) is 12.1. The average Bonchev–Trinajstić information content (AvgIpc) is 2.90. The summed E-state index contributed by atoms with van der Waals surface area (Å²) in [5.74, 6) is -5.12. The zero-order chi connectivity index (χ0) is 31.4. The third-order valence-corrected chi connectivity index (χ3v) is 7.68. The standard InChI is InChI=1S/C30H26ClF4N5O3/c1-29(2,3)43-28(42)39-12-16(13-39)38-26-25(35)23-17(11-37-26)27(41)40(22-9-20(32)15(10-36)8-21(22)33)14-30(23,4)18-6-5-7-19(31)24(18)34/h5-9,11,16H,12-14H2,1-4H3,(H,37,38)/t30-/m1/s1. The molecule has 2 aliphatic rings. The highest BCUT2D eigenvalue weighted by atomic mass is 35.5. The maximum absolute atomic E-state index is 16.4. The molecule has 224 valence electrons. The number of nitriles is 1. The molecule has 0 aliphatic carbocycles. The number of halogens is 5. The number of anilines is 2. The third-order valence-electron chi connectivity index (χ3n) is 7.39. The first-order valence-electron chi connectivity index (χ1n) is 13.2. The second-order valence-electron chi connectivity index (χ2n) is 11.7. The molecule has 0 radical (unpaired) electrons. The van der Waals surface area contributed by atoms with E-state index < -0.39 is 70.1 Å². The number of nitrogens with one attached hydrogen (secondary N) is 1. The number of benzene rings is 2. The van der Waals surface area contributed by atoms with Crippen LogP contribution in [0, 0.1) is 34.6 Å². The Labute approximate surface area is 249 Å². The average molecular weight is 616 g/mol. The van der Waals surface area contributed by atoms with Crippen molar-refractivity contribution in [1.29, 1.82) is 5.26 Å². The van der Waals surface area contributed by atoms with Gasteiger partial charge in [-0.3, -0.25) is 4.79 Å². The van der Waals surface area contributed by atoms with E-state index in [9.17, 15) is 14.0 Å². The maximum Gasteiger partial charge on any atom is 0.410 e. The molecule has 5 rings (SSSR count). The van der Waals surface area contributed by atoms with E-state index in [0.717, 1.165) is 11.1 Å². The monoisotopic (exact) mass is 615 g/mol. The van der Waals surface area contributed by atoms with E-state index in [1.165, 1.54) is 36.1 Å². The van der Waals surface area contributed by atoms with Gasteiger partial charge in [-0.05, 0) is 39.8 Å². The molecular formula is C30H26ClF4N5O3. The van der Waals surface area contributed by atoms with Gasteiger partial charge in [0.05, 0.1) is 27.9 Å². The molecule has 1 aromatic heterocycles. The summed E-state index contributed by atoms with van der Waals surface area (Å²) < 4.78 is 66.9. The largest absolute Gasteiger partial charge is 0.444 e. The van der Waals surface area contributed by atoms with Crippen molar-refractivity contribution in [2.24, 2.45) is 0 Å². The topological polar surface area (TPSA) is 98.6 Å². The van der Waals surface area contributed by atoms with Crippen LogP contribution in [0.2, 0.25) is 5.02 Å². The van der Waals surface area contributed by atoms with Crippen molar-refractivity contribution >= 4 is 35.1 Å². The summed E-state index contributed by atoms with van der Waals surface area (Å²) in [7, 11) is 0. The van der Waals surface area contributed by atoms with E-state index in [0.29, 0.717) is 12.1 Å². The van der Waals surface area contributed by atoms with Gasteiger partial charge in [-0.25, -0.2) is 27.3 Å². The van der Waals surface area contributed by atoms with Gasteiger partial charge in [-0.2, -0.15) is 5.26 Å². The summed E-state index contributed by atoms with van der Waals surface area (Å²) in [4.78, 5) is 32.3. The number of aromatic nitrogens is 1. The van der Waals surface area contributed by atoms with Crippen LogP contribution in [-0.2, 0) is 10.2 Å². The molecule has 2 aromatic carbocycles. The molecule has 8 nitrogen and oxygen atoms in total. The fourth-order valence-corrected chi connectivity index (χ4v) is 5.49. The molecule has 1 atom stereocenters. The van der Waals surface area contributed by atoms with Crippen LogP contribution in [0.15, 0.2) is 36.5 Å². The Kier molecular flexibility index (Phi) is 7.50. The number of hydrogen-bond acceptors (Lipinski definition) is 6. The number of carbonyl (C=O) groups is 2. The third kappa shape index (κ3) is 5.33. The van der Waals surface area contributed by atoms with Gasteiger partial charge >= 0.3 is 6.09 Å². The highest BCUT2D eigenvalue weighted by Gasteiger charge is 2.47. The van der Waals surface area contributed by atoms with Gasteiger partial charge < -0.3 is 19.9 Å². The van der Waals surface area contributed by atoms with E-state index >= 15 is 13.2 Å². The summed E-state index contributed by atoms with van der Waals surface area (Å²) in [5, 5.41) is 11.7. The van der Waals surface area contributed by atoms with Crippen LogP contribution < -0.4 is 10.2 Å². The highest BCUT2D eigenvalue weighted by Crippen LogP contribution is 2.45. The summed E-state index contributed by atoms with van der Waals surface area (Å²) in [6.07, 6.45) is 0.559. The van der Waals surface area contributed by atoms with Crippen molar-refractivity contribution in [3.8, 4) is 6.07 Å². The molecule has 13 heteroatoms. The van der Waals surface area contributed by atoms with Crippen LogP contribution in [-0.4, -0.2) is 53.2 Å². The van der Waals surface area contributed by atoms with Crippen LogP contribution in [0.1, 0.15) is 54.7 Å². The van der Waals surface area contributed by atoms with Gasteiger partial charge in [0.1, 0.15) is 29.1 Å². The van der Waals surface area contributed by atoms with Crippen molar-refractivity contribution in [3.63, 3.8) is 0 Å². The Morgan fingerprint density at radius 2 is 1.86 bits per heavy atom. The number of amides is 2. The molecule has 0 spiro atoms. The Morgan fingerprint density at radius 1 is 1.16 bits per heavy atom. The van der Waals surface area contributed by atoms with Crippen molar-refractivity contribution in [2.45, 2.75) is 44.8 Å². The fourth-order valence-electron chi connectivity index (χ4n) is 5.31. The number of ether oxygens (including phenoxy) is 1. The lowest BCUT2D eigenvalue weighted by molar-refractivity contribution is 0.0104. The van der Waals surface area contributed by atoms with Crippen molar-refractivity contribution in [3.05, 3.63) is 87.1 Å². The molecule has 1 N–H and O–H groups in total. The lowest BCUT2D eigenvalue weighted by Gasteiger charge is -2.43. The van der Waals surface area contributed by atoms with Gasteiger partial charge in [0, 0.05) is 48.4 Å². The fraction of sp³-hybridized carbons (Fsp3) is 0.333. The summed E-state index contributed by atoms with van der Waals surface area (Å²) in [6, 6.07) is 6.59. The normalized spacial score (nSPS) is 18.6. The minimum absolute atomic E-state index is 0.0935. The second kappa shape index (κ2) is 10.7. The maximum atomic E-state index is 16.4. The number of nitrogens with zero attached hydrogens (tertiary/aromatic N) is 4. The molecular weight excluding hydrogens is 590 g/mol. The molecule has 2 amide bonds. The molecule has 3 aromatic rings. The first-order chi connectivity index (χ1) is 20.1. The van der Waals surface area contributed by atoms with Gasteiger partial charge in [0.25, 0.3) is 5.91 Å². The molecule has 1 saturated heterocycles. The van der Waals surface area contributed by atoms with E-state index in [4.69, 9.17) is 21.6 Å². The Hall–Kier alpha value is -4.37. The zero-order valence-corrected chi connectivity index (χ0v) is 24.3. The number of pyridine rings is 1. The molecule has 1 fully saturated rings. The molecule has 0 unspecified atom stereocenters. The van der Waals surface area contributed by atoms with Crippen molar-refractivity contribution in [2.75, 3.05) is 29.9 Å². The van der Waals surface area contributed by atoms with Gasteiger partial charge in [0.2, 0.25) is 0 Å². The van der Waals surface area contributed by atoms with E-state index in [-0.39, 0.29) is 40.6 Å². The minimum atomic E-state index is -1.67. The van der Waals surface area contributed by atoms with E-state index in [1.54, 1.807) is 20.8 Å². The lowest BCUT2D eigenvalue weighted by atomic mass is 9.71. The molecule has 0 bridgehead atoms. The number of carbonyl (C=O) groups excluding carboxylic acids is 2. The first-order valence-corrected chi connectivity index (χ1v) is 13.6. The van der Waals surface area contributed by atoms with Crippen LogP contribution in [0.4, 0.5) is 33.9 Å². The molecule has 3 heterocycles. The highest BCUT2D eigenvalue weighted by molar-refractivity contribution is 6.30. The van der Waals surface area contributed by atoms with E-state index in [1.807, 2.05) is 0 Å². The lowest BCUT2D eigenvalue weighted by Crippen LogP contribution is -2.58. The first kappa shape index (κ1) is 30.1. The quantitative estimate of drug-likeness (QED) is 0.353. The van der Waals surface area contributed by atoms with E-state index in [2.05, 4.69) is 10.3 Å². The van der Waals surface area contributed by atoms with Crippen molar-refractivity contribution in [1.82, 2.24) is 9.88 Å². The van der Waals surface area contributed by atoms with Crippen LogP contribution in [0.5, 0.6) is 0 Å². The number of fused-ring (bicyclic) bond motifs is 1. The number of likely N-dealkylation sites (tertiary alicyclic amines) is 1. The van der Waals surface area contributed by atoms with Crippen molar-refractivity contribution < 1.29 is 31.9 Å². The Bertz CT molecular complexity index is 1700. The van der Waals surface area contributed by atoms with Crippen LogP contribution >= 0.6 is 11.6 Å². The van der Waals surface area contributed by atoms with Gasteiger partial charge in [-0.1, -0.05) is 23.7 Å². The smallest absolute Gasteiger partial charge is 0.410 e. The SMILES string of the molecule is CC(C)(C)OC(=O)N1CC(Nc2ncc3c(c2F)[C@@](C)(c2cccc(Cl)c2F)CN(c2cc(F)c(C#N)cc2F)C3=O)C1. The number of hydrogen-bond donors (Lipinski definition) is 1. The molecule has 43 heavy (non-hydrogen) atoms. The summed E-state index contributed by atoms with van der Waals surface area (Å²) in [6.45, 7) is 6.56. The predicted molar refractivity (Wildman–Crippen MR) is 150 cm³/mol. The Morgan fingerprint density at radius 3 is 2.51 bits per heavy atom. The molecule has 0 saturated carbocycles. The van der Waals surface area contributed by atoms with Gasteiger partial charge in [-0.15, -0.1) is 0 Å². The summed E-state index contributed by atoms with van der Waals surface area (Å²) >= 11 is 6.07. The number of rotatable bonds is 4. The minimum Gasteiger partial charge on any atom is -0.444 e. The van der Waals surface area contributed by atoms with Crippen LogP contribution in [0.3, 0.4) is 0 Å². The predicted octanol–water partition coefficient (Wildman–Crippen LogP) is 6.16. The van der Waals surface area contributed by atoms with Gasteiger partial charge in [0.15, 0.2) is 11.6 Å². The summed E-state index contributed by atoms with van der Waals surface area (Å²) in [5.41, 5.74) is -4.05. The Balaban J connectivity index is 1.56.